The van der Waals surface area contributed by atoms with Gasteiger partial charge in [0.25, 0.3) is 0 Å². The second-order valence-electron chi connectivity index (χ2n) is 7.41. The van der Waals surface area contributed by atoms with Crippen molar-refractivity contribution < 1.29 is 19.7 Å². The van der Waals surface area contributed by atoms with Crippen molar-refractivity contribution in [2.45, 2.75) is 32.3 Å². The molecule has 0 amide bonds. The fraction of sp³-hybridized carbons (Fsp3) is 0.318. The highest BCUT2D eigenvalue weighted by molar-refractivity contribution is 5.85. The van der Waals surface area contributed by atoms with E-state index in [0.29, 0.717) is 6.54 Å². The molecule has 5 nitrogen and oxygen atoms in total. The van der Waals surface area contributed by atoms with Gasteiger partial charge in [0.15, 0.2) is 0 Å². The first kappa shape index (κ1) is 20.5. The predicted octanol–water partition coefficient (Wildman–Crippen LogP) is 3.93. The van der Waals surface area contributed by atoms with Crippen LogP contribution >= 0.6 is 0 Å². The summed E-state index contributed by atoms with van der Waals surface area (Å²) in [5, 5.41) is 21.8. The lowest BCUT2D eigenvalue weighted by atomic mass is 9.87. The van der Waals surface area contributed by atoms with Crippen LogP contribution in [0.4, 0.5) is 5.69 Å². The van der Waals surface area contributed by atoms with Gasteiger partial charge in [-0.1, -0.05) is 45.0 Å². The van der Waals surface area contributed by atoms with Gasteiger partial charge in [-0.25, -0.2) is 4.79 Å². The fourth-order valence-corrected chi connectivity index (χ4v) is 2.42. The molecule has 0 fully saturated rings. The summed E-state index contributed by atoms with van der Waals surface area (Å²) in [5.74, 6) is -0.245. The van der Waals surface area contributed by atoms with Crippen LogP contribution in [0, 0.1) is 0 Å². The van der Waals surface area contributed by atoms with Crippen LogP contribution in [0.5, 0.6) is 5.75 Å². The number of ether oxygens (including phenoxy) is 1. The molecule has 0 aliphatic heterocycles. The molecule has 2 aromatic carbocycles. The Morgan fingerprint density at radius 2 is 1.74 bits per heavy atom. The molecule has 0 radical (unpaired) electrons. The van der Waals surface area contributed by atoms with Crippen molar-refractivity contribution >= 4 is 17.7 Å². The number of aliphatic hydroxyl groups is 1. The third-order valence-electron chi connectivity index (χ3n) is 4.03. The van der Waals surface area contributed by atoms with Gasteiger partial charge in [0.1, 0.15) is 18.5 Å². The number of carboxylic acids is 1. The van der Waals surface area contributed by atoms with Crippen molar-refractivity contribution in [1.29, 1.82) is 0 Å². The van der Waals surface area contributed by atoms with Crippen molar-refractivity contribution in [3.63, 3.8) is 0 Å². The zero-order valence-electron chi connectivity index (χ0n) is 16.0. The topological polar surface area (TPSA) is 78.8 Å². The van der Waals surface area contributed by atoms with Gasteiger partial charge < -0.3 is 20.3 Å². The molecule has 3 N–H and O–H groups in total. The van der Waals surface area contributed by atoms with Crippen molar-refractivity contribution in [2.75, 3.05) is 18.5 Å². The van der Waals surface area contributed by atoms with E-state index < -0.39 is 12.1 Å². The lowest BCUT2D eigenvalue weighted by Crippen LogP contribution is -2.26. The monoisotopic (exact) mass is 369 g/mol. The van der Waals surface area contributed by atoms with Crippen LogP contribution in [0.15, 0.2) is 54.6 Å². The van der Waals surface area contributed by atoms with E-state index in [-0.39, 0.29) is 12.0 Å². The molecular weight excluding hydrogens is 342 g/mol. The molecule has 5 heteroatoms. The number of hydrogen-bond donors (Lipinski definition) is 3. The normalized spacial score (nSPS) is 12.7. The number of benzene rings is 2. The van der Waals surface area contributed by atoms with Gasteiger partial charge in [-0.2, -0.15) is 0 Å². The first-order valence-electron chi connectivity index (χ1n) is 8.90. The average Bonchev–Trinajstić information content (AvgIpc) is 2.63. The van der Waals surface area contributed by atoms with E-state index in [2.05, 4.69) is 26.1 Å². The van der Waals surface area contributed by atoms with E-state index in [4.69, 9.17) is 9.84 Å². The molecule has 0 aromatic heterocycles. The third kappa shape index (κ3) is 7.15. The number of anilines is 1. The van der Waals surface area contributed by atoms with Crippen LogP contribution in [-0.4, -0.2) is 35.4 Å². The number of carboxylic acid groups (broad SMARTS) is 1. The smallest absolute Gasteiger partial charge is 0.328 e. The van der Waals surface area contributed by atoms with Gasteiger partial charge in [0.05, 0.1) is 0 Å². The SMILES string of the molecule is CC(C)(C)c1ccc(OCC(O)CNc2ccc(C=CC(=O)O)cc2)cc1. The van der Waals surface area contributed by atoms with Gasteiger partial charge in [-0.05, 0) is 46.9 Å². The zero-order valence-corrected chi connectivity index (χ0v) is 16.0. The molecule has 144 valence electrons. The van der Waals surface area contributed by atoms with E-state index in [1.165, 1.54) is 11.6 Å². The van der Waals surface area contributed by atoms with Crippen LogP contribution in [0.3, 0.4) is 0 Å². The lowest BCUT2D eigenvalue weighted by molar-refractivity contribution is -0.131. The number of aliphatic hydroxyl groups excluding tert-OH is 1. The first-order chi connectivity index (χ1) is 12.7. The molecule has 1 atom stereocenters. The highest BCUT2D eigenvalue weighted by Gasteiger charge is 2.13. The Labute approximate surface area is 160 Å². The minimum Gasteiger partial charge on any atom is -0.491 e. The Balaban J connectivity index is 1.77. The van der Waals surface area contributed by atoms with E-state index in [1.807, 2.05) is 36.4 Å². The zero-order chi connectivity index (χ0) is 19.9. The number of carbonyl (C=O) groups is 1. The molecule has 2 aromatic rings. The van der Waals surface area contributed by atoms with Crippen molar-refractivity contribution in [3.05, 3.63) is 65.7 Å². The Morgan fingerprint density at radius 3 is 2.30 bits per heavy atom. The summed E-state index contributed by atoms with van der Waals surface area (Å²) < 4.78 is 5.64. The van der Waals surface area contributed by atoms with Gasteiger partial charge in [-0.3, -0.25) is 0 Å². The Morgan fingerprint density at radius 1 is 1.11 bits per heavy atom. The van der Waals surface area contributed by atoms with Crippen LogP contribution in [0.1, 0.15) is 31.9 Å². The molecular formula is C22H27NO4. The average molecular weight is 369 g/mol. The van der Waals surface area contributed by atoms with Gasteiger partial charge in [0, 0.05) is 18.3 Å². The molecule has 0 spiro atoms. The van der Waals surface area contributed by atoms with Gasteiger partial charge >= 0.3 is 5.97 Å². The van der Waals surface area contributed by atoms with Crippen molar-refractivity contribution in [2.24, 2.45) is 0 Å². The van der Waals surface area contributed by atoms with Crippen LogP contribution in [0.2, 0.25) is 0 Å². The van der Waals surface area contributed by atoms with Crippen LogP contribution in [-0.2, 0) is 10.2 Å². The molecule has 1 unspecified atom stereocenters. The number of nitrogens with one attached hydrogen (secondary N) is 1. The maximum absolute atomic E-state index is 10.5. The third-order valence-corrected chi connectivity index (χ3v) is 4.03. The van der Waals surface area contributed by atoms with Gasteiger partial charge in [0.2, 0.25) is 0 Å². The van der Waals surface area contributed by atoms with Crippen LogP contribution in [0.25, 0.3) is 6.08 Å². The minimum absolute atomic E-state index is 0.0981. The molecule has 2 rings (SSSR count). The Hall–Kier alpha value is -2.79. The Kier molecular flexibility index (Phi) is 7.02. The number of rotatable bonds is 8. The quantitative estimate of drug-likeness (QED) is 0.615. The molecule has 0 aliphatic rings. The summed E-state index contributed by atoms with van der Waals surface area (Å²) in [6.45, 7) is 7.03. The molecule has 0 aliphatic carbocycles. The molecule has 0 heterocycles. The summed E-state index contributed by atoms with van der Waals surface area (Å²) in [5.41, 5.74) is 2.97. The van der Waals surface area contributed by atoms with Crippen molar-refractivity contribution in [3.8, 4) is 5.75 Å². The summed E-state index contributed by atoms with van der Waals surface area (Å²) in [6, 6.07) is 15.2. The van der Waals surface area contributed by atoms with Crippen molar-refractivity contribution in [1.82, 2.24) is 0 Å². The highest BCUT2D eigenvalue weighted by atomic mass is 16.5. The standard InChI is InChI=1S/C22H27NO4/c1-22(2,3)17-7-11-20(12-8-17)27-15-19(24)14-23-18-9-4-16(5-10-18)6-13-21(25)26/h4-13,19,23-24H,14-15H2,1-3H3,(H,25,26). The van der Waals surface area contributed by atoms with E-state index in [9.17, 15) is 9.90 Å². The molecule has 0 saturated heterocycles. The predicted molar refractivity (Wildman–Crippen MR) is 108 cm³/mol. The molecule has 0 saturated carbocycles. The minimum atomic E-state index is -0.978. The summed E-state index contributed by atoms with van der Waals surface area (Å²) in [7, 11) is 0. The second-order valence-corrected chi connectivity index (χ2v) is 7.41. The number of aliphatic carboxylic acids is 1. The van der Waals surface area contributed by atoms with E-state index in [0.717, 1.165) is 23.1 Å². The molecule has 27 heavy (non-hydrogen) atoms. The Bertz CT molecular complexity index is 758. The fourth-order valence-electron chi connectivity index (χ4n) is 2.42. The van der Waals surface area contributed by atoms with E-state index in [1.54, 1.807) is 12.1 Å². The van der Waals surface area contributed by atoms with Gasteiger partial charge in [-0.15, -0.1) is 0 Å². The summed E-state index contributed by atoms with van der Waals surface area (Å²) >= 11 is 0. The summed E-state index contributed by atoms with van der Waals surface area (Å²) in [6.07, 6.45) is 1.97. The van der Waals surface area contributed by atoms with E-state index >= 15 is 0 Å². The molecule has 0 bridgehead atoms. The number of hydrogen-bond acceptors (Lipinski definition) is 4. The second kappa shape index (κ2) is 9.24. The highest BCUT2D eigenvalue weighted by Crippen LogP contribution is 2.24. The first-order valence-corrected chi connectivity index (χ1v) is 8.90. The maximum atomic E-state index is 10.5. The maximum Gasteiger partial charge on any atom is 0.328 e. The summed E-state index contributed by atoms with van der Waals surface area (Å²) in [4.78, 5) is 10.5. The lowest BCUT2D eigenvalue weighted by Gasteiger charge is -2.19. The largest absolute Gasteiger partial charge is 0.491 e. The van der Waals surface area contributed by atoms with Crippen LogP contribution < -0.4 is 10.1 Å².